The number of carbonyl (C=O) groups is 1. The van der Waals surface area contributed by atoms with Crippen LogP contribution in [0.4, 0.5) is 0 Å². The summed E-state index contributed by atoms with van der Waals surface area (Å²) in [4.78, 5) is 11.8. The summed E-state index contributed by atoms with van der Waals surface area (Å²) in [6, 6.07) is 9.78. The van der Waals surface area contributed by atoms with E-state index in [1.165, 1.54) is 0 Å². The monoisotopic (exact) mass is 310 g/mol. The van der Waals surface area contributed by atoms with Gasteiger partial charge in [-0.25, -0.2) is 0 Å². The molecular formula is C15H26O3Si2. The molecule has 0 aliphatic heterocycles. The lowest BCUT2D eigenvalue weighted by atomic mass is 10.1. The van der Waals surface area contributed by atoms with Gasteiger partial charge in [0.2, 0.25) is 0 Å². The van der Waals surface area contributed by atoms with E-state index in [2.05, 4.69) is 39.3 Å². The first-order chi connectivity index (χ1) is 9.02. The molecule has 1 rings (SSSR count). The first-order valence-corrected chi connectivity index (χ1v) is 14.0. The molecule has 3 nitrogen and oxygen atoms in total. The molecule has 0 spiro atoms. The Hall–Kier alpha value is -0.916. The van der Waals surface area contributed by atoms with Gasteiger partial charge in [0.15, 0.2) is 8.32 Å². The molecule has 0 saturated carbocycles. The van der Waals surface area contributed by atoms with E-state index in [9.17, 15) is 9.90 Å². The third kappa shape index (κ3) is 4.88. The Morgan fingerprint density at radius 1 is 1.05 bits per heavy atom. The molecule has 0 saturated heterocycles. The van der Waals surface area contributed by atoms with Crippen LogP contribution in [0.2, 0.25) is 44.8 Å². The fraction of sp³-hybridized carbons (Fsp3) is 0.533. The van der Waals surface area contributed by atoms with E-state index in [1.54, 1.807) is 0 Å². The van der Waals surface area contributed by atoms with E-state index in [0.717, 1.165) is 5.56 Å². The number of hydrogen-bond acceptors (Lipinski definition) is 2. The van der Waals surface area contributed by atoms with Gasteiger partial charge in [0.05, 0.1) is 19.7 Å². The molecule has 20 heavy (non-hydrogen) atoms. The Morgan fingerprint density at radius 2 is 1.55 bits per heavy atom. The van der Waals surface area contributed by atoms with Crippen molar-refractivity contribution in [2.45, 2.75) is 50.9 Å². The van der Waals surface area contributed by atoms with Gasteiger partial charge >= 0.3 is 5.97 Å². The van der Waals surface area contributed by atoms with E-state index in [0.29, 0.717) is 0 Å². The fourth-order valence-corrected chi connectivity index (χ4v) is 5.39. The average molecular weight is 311 g/mol. The molecule has 0 unspecified atom stereocenters. The standard InChI is InChI=1S/C15H26O3Si2/c1-19(2,3)14(15(16)17)13(18-20(4,5)6)12-10-8-7-9-11-12/h7-11,13-14H,1-6H3,(H,16,17)/t13-,14-/m0/s1. The first-order valence-electron chi connectivity index (χ1n) is 6.98. The van der Waals surface area contributed by atoms with Crippen LogP contribution in [0.3, 0.4) is 0 Å². The lowest BCUT2D eigenvalue weighted by Gasteiger charge is -2.36. The maximum absolute atomic E-state index is 11.8. The van der Waals surface area contributed by atoms with Crippen molar-refractivity contribution in [2.75, 3.05) is 0 Å². The SMILES string of the molecule is C[Si](C)(C)O[C@@H](c1ccccc1)[C@@H](C(=O)O)[Si](C)(C)C. The maximum atomic E-state index is 11.8. The maximum Gasteiger partial charge on any atom is 0.306 e. The minimum Gasteiger partial charge on any atom is -0.481 e. The highest BCUT2D eigenvalue weighted by Gasteiger charge is 2.42. The quantitative estimate of drug-likeness (QED) is 0.794. The molecule has 0 amide bonds. The summed E-state index contributed by atoms with van der Waals surface area (Å²) in [5, 5.41) is 9.71. The van der Waals surface area contributed by atoms with Gasteiger partial charge in [-0.15, -0.1) is 0 Å². The number of carboxylic acids is 1. The summed E-state index contributed by atoms with van der Waals surface area (Å²) < 4.78 is 6.27. The van der Waals surface area contributed by atoms with Crippen LogP contribution in [-0.4, -0.2) is 27.5 Å². The molecule has 0 aliphatic carbocycles. The van der Waals surface area contributed by atoms with Crippen LogP contribution < -0.4 is 0 Å². The lowest BCUT2D eigenvalue weighted by molar-refractivity contribution is -0.139. The van der Waals surface area contributed by atoms with Crippen molar-refractivity contribution in [3.05, 3.63) is 35.9 Å². The summed E-state index contributed by atoms with van der Waals surface area (Å²) in [7, 11) is -3.73. The van der Waals surface area contributed by atoms with Gasteiger partial charge < -0.3 is 9.53 Å². The van der Waals surface area contributed by atoms with Gasteiger partial charge in [-0.05, 0) is 25.2 Å². The Balaban J connectivity index is 3.25. The molecule has 112 valence electrons. The topological polar surface area (TPSA) is 46.5 Å². The molecule has 0 fully saturated rings. The Labute approximate surface area is 124 Å². The van der Waals surface area contributed by atoms with Gasteiger partial charge in [-0.1, -0.05) is 50.0 Å². The highest BCUT2D eigenvalue weighted by molar-refractivity contribution is 6.80. The summed E-state index contributed by atoms with van der Waals surface area (Å²) in [5.41, 5.74) is 0.543. The Bertz CT molecular complexity index is 446. The van der Waals surface area contributed by atoms with E-state index in [4.69, 9.17) is 4.43 Å². The van der Waals surface area contributed by atoms with Crippen LogP contribution in [-0.2, 0) is 9.22 Å². The largest absolute Gasteiger partial charge is 0.481 e. The van der Waals surface area contributed by atoms with Gasteiger partial charge in [0.25, 0.3) is 0 Å². The summed E-state index contributed by atoms with van der Waals surface area (Å²) in [6.07, 6.45) is -0.341. The third-order valence-corrected chi connectivity index (χ3v) is 6.49. The molecular weight excluding hydrogens is 284 g/mol. The second-order valence-corrected chi connectivity index (χ2v) is 17.1. The van der Waals surface area contributed by atoms with E-state index in [-0.39, 0.29) is 6.10 Å². The molecule has 5 heteroatoms. The predicted molar refractivity (Wildman–Crippen MR) is 88.3 cm³/mol. The van der Waals surface area contributed by atoms with Crippen LogP contribution in [0.5, 0.6) is 0 Å². The Morgan fingerprint density at radius 3 is 1.90 bits per heavy atom. The van der Waals surface area contributed by atoms with Crippen molar-refractivity contribution in [2.24, 2.45) is 0 Å². The molecule has 2 atom stereocenters. The lowest BCUT2D eigenvalue weighted by Crippen LogP contribution is -2.41. The minimum absolute atomic E-state index is 0.341. The van der Waals surface area contributed by atoms with Crippen LogP contribution in [0.25, 0.3) is 0 Å². The van der Waals surface area contributed by atoms with Gasteiger partial charge in [0.1, 0.15) is 0 Å². The number of aliphatic carboxylic acids is 1. The van der Waals surface area contributed by atoms with Crippen molar-refractivity contribution in [3.63, 3.8) is 0 Å². The van der Waals surface area contributed by atoms with Crippen LogP contribution in [0, 0.1) is 0 Å². The molecule has 1 N–H and O–H groups in total. The molecule has 0 aliphatic rings. The molecule has 0 bridgehead atoms. The first kappa shape index (κ1) is 17.1. The fourth-order valence-electron chi connectivity index (χ4n) is 2.31. The normalized spacial score (nSPS) is 15.7. The van der Waals surface area contributed by atoms with Crippen molar-refractivity contribution in [1.29, 1.82) is 0 Å². The molecule has 0 radical (unpaired) electrons. The third-order valence-electron chi connectivity index (χ3n) is 3.11. The second-order valence-electron chi connectivity index (χ2n) is 7.24. The number of benzene rings is 1. The smallest absolute Gasteiger partial charge is 0.306 e. The number of carboxylic acid groups (broad SMARTS) is 1. The highest BCUT2D eigenvalue weighted by Crippen LogP contribution is 2.40. The zero-order valence-corrected chi connectivity index (χ0v) is 15.3. The predicted octanol–water partition coefficient (Wildman–Crippen LogP) is 4.37. The molecule has 1 aromatic rings. The zero-order valence-electron chi connectivity index (χ0n) is 13.3. The summed E-state index contributed by atoms with van der Waals surface area (Å²) in [5.74, 6) is -0.740. The van der Waals surface area contributed by atoms with E-state index >= 15 is 0 Å². The Kier molecular flexibility index (Phi) is 5.35. The van der Waals surface area contributed by atoms with E-state index in [1.807, 2.05) is 30.3 Å². The second kappa shape index (κ2) is 6.24. The molecule has 0 heterocycles. The molecule has 0 aromatic heterocycles. The number of hydrogen-bond donors (Lipinski definition) is 1. The highest BCUT2D eigenvalue weighted by atomic mass is 28.4. The van der Waals surface area contributed by atoms with Crippen molar-refractivity contribution >= 4 is 22.4 Å². The van der Waals surface area contributed by atoms with Crippen molar-refractivity contribution in [3.8, 4) is 0 Å². The minimum atomic E-state index is -1.90. The van der Waals surface area contributed by atoms with Gasteiger partial charge in [0, 0.05) is 0 Å². The zero-order chi connectivity index (χ0) is 15.6. The molecule has 1 aromatic carbocycles. The van der Waals surface area contributed by atoms with E-state index < -0.39 is 27.9 Å². The van der Waals surface area contributed by atoms with Crippen LogP contribution in [0.1, 0.15) is 11.7 Å². The van der Waals surface area contributed by atoms with Gasteiger partial charge in [-0.2, -0.15) is 0 Å². The summed E-state index contributed by atoms with van der Waals surface area (Å²) in [6.45, 7) is 12.6. The van der Waals surface area contributed by atoms with Crippen LogP contribution >= 0.6 is 0 Å². The van der Waals surface area contributed by atoms with Crippen LogP contribution in [0.15, 0.2) is 30.3 Å². The van der Waals surface area contributed by atoms with Crippen molar-refractivity contribution < 1.29 is 14.3 Å². The summed E-state index contributed by atoms with van der Waals surface area (Å²) >= 11 is 0. The van der Waals surface area contributed by atoms with Gasteiger partial charge in [-0.3, -0.25) is 4.79 Å². The van der Waals surface area contributed by atoms with Crippen molar-refractivity contribution in [1.82, 2.24) is 0 Å². The average Bonchev–Trinajstić information content (AvgIpc) is 2.25. The number of rotatable bonds is 6.